The Morgan fingerprint density at radius 1 is 1.32 bits per heavy atom. The zero-order valence-electron chi connectivity index (χ0n) is 10.8. The molecule has 100 valence electrons. The molecule has 0 radical (unpaired) electrons. The lowest BCUT2D eigenvalue weighted by Gasteiger charge is -2.17. The first kappa shape index (κ1) is 12.8. The highest BCUT2D eigenvalue weighted by Gasteiger charge is 2.36. The Morgan fingerprint density at radius 3 is 2.79 bits per heavy atom. The first-order valence-electron chi connectivity index (χ1n) is 6.48. The van der Waals surface area contributed by atoms with Gasteiger partial charge < -0.3 is 10.3 Å². The van der Waals surface area contributed by atoms with Gasteiger partial charge in [-0.3, -0.25) is 0 Å². The normalized spacial score (nSPS) is 17.8. The Balaban J connectivity index is 1.99. The molecule has 2 N–H and O–H groups in total. The van der Waals surface area contributed by atoms with E-state index in [1.165, 1.54) is 0 Å². The summed E-state index contributed by atoms with van der Waals surface area (Å²) >= 11 is 3.46. The number of nitrogens with two attached hydrogens (primary N) is 1. The molecular formula is C14H16BrN3O. The molecule has 1 aliphatic rings. The number of benzene rings is 1. The SMILES string of the molecule is Cc1ccc(Br)cc1-c1nc(C2(N)CCCC2)no1. The largest absolute Gasteiger partial charge is 0.334 e. The van der Waals surface area contributed by atoms with Crippen molar-refractivity contribution in [3.8, 4) is 11.5 Å². The van der Waals surface area contributed by atoms with Crippen LogP contribution in [0.5, 0.6) is 0 Å². The summed E-state index contributed by atoms with van der Waals surface area (Å²) in [6.45, 7) is 2.03. The number of hydrogen-bond acceptors (Lipinski definition) is 4. The highest BCUT2D eigenvalue weighted by molar-refractivity contribution is 9.10. The van der Waals surface area contributed by atoms with Gasteiger partial charge in [0.15, 0.2) is 5.82 Å². The van der Waals surface area contributed by atoms with Crippen LogP contribution in [0.2, 0.25) is 0 Å². The van der Waals surface area contributed by atoms with Gasteiger partial charge in [0.25, 0.3) is 5.89 Å². The molecule has 1 aromatic carbocycles. The van der Waals surface area contributed by atoms with Crippen molar-refractivity contribution < 1.29 is 4.52 Å². The van der Waals surface area contributed by atoms with Crippen LogP contribution in [0.25, 0.3) is 11.5 Å². The van der Waals surface area contributed by atoms with Gasteiger partial charge in [-0.1, -0.05) is 40.0 Å². The van der Waals surface area contributed by atoms with Crippen molar-refractivity contribution in [2.75, 3.05) is 0 Å². The average molecular weight is 322 g/mol. The Hall–Kier alpha value is -1.20. The molecule has 1 heterocycles. The maximum Gasteiger partial charge on any atom is 0.258 e. The van der Waals surface area contributed by atoms with Crippen molar-refractivity contribution >= 4 is 15.9 Å². The molecule has 0 amide bonds. The third-order valence-electron chi connectivity index (χ3n) is 3.80. The molecule has 5 heteroatoms. The average Bonchev–Trinajstić information content (AvgIpc) is 3.02. The molecule has 0 spiro atoms. The predicted molar refractivity (Wildman–Crippen MR) is 76.5 cm³/mol. The van der Waals surface area contributed by atoms with E-state index in [-0.39, 0.29) is 0 Å². The molecule has 3 rings (SSSR count). The molecule has 19 heavy (non-hydrogen) atoms. The van der Waals surface area contributed by atoms with Crippen molar-refractivity contribution in [1.29, 1.82) is 0 Å². The third kappa shape index (κ3) is 2.32. The smallest absolute Gasteiger partial charge is 0.258 e. The standard InChI is InChI=1S/C14H16BrN3O/c1-9-4-5-10(15)8-11(9)12-17-13(18-19-12)14(16)6-2-3-7-14/h4-5,8H,2-3,6-7,16H2,1H3. The van der Waals surface area contributed by atoms with Crippen LogP contribution in [0.4, 0.5) is 0 Å². The van der Waals surface area contributed by atoms with Gasteiger partial charge in [0.05, 0.1) is 5.54 Å². The van der Waals surface area contributed by atoms with E-state index in [2.05, 4.69) is 26.1 Å². The molecule has 1 fully saturated rings. The van der Waals surface area contributed by atoms with Gasteiger partial charge in [-0.2, -0.15) is 4.98 Å². The van der Waals surface area contributed by atoms with E-state index in [1.807, 2.05) is 25.1 Å². The summed E-state index contributed by atoms with van der Waals surface area (Å²) in [6.07, 6.45) is 4.14. The molecule has 2 aromatic rings. The Morgan fingerprint density at radius 2 is 2.05 bits per heavy atom. The van der Waals surface area contributed by atoms with Gasteiger partial charge in [0.2, 0.25) is 0 Å². The van der Waals surface area contributed by atoms with Crippen LogP contribution in [0.3, 0.4) is 0 Å². The van der Waals surface area contributed by atoms with Gasteiger partial charge in [-0.25, -0.2) is 0 Å². The van der Waals surface area contributed by atoms with Crippen molar-refractivity contribution in [1.82, 2.24) is 10.1 Å². The lowest BCUT2D eigenvalue weighted by molar-refractivity contribution is 0.372. The van der Waals surface area contributed by atoms with Crippen molar-refractivity contribution in [3.63, 3.8) is 0 Å². The topological polar surface area (TPSA) is 64.9 Å². The van der Waals surface area contributed by atoms with E-state index in [9.17, 15) is 0 Å². The summed E-state index contributed by atoms with van der Waals surface area (Å²) in [5.41, 5.74) is 8.01. The van der Waals surface area contributed by atoms with E-state index < -0.39 is 5.54 Å². The van der Waals surface area contributed by atoms with Crippen molar-refractivity contribution in [2.24, 2.45) is 5.73 Å². The maximum absolute atomic E-state index is 6.35. The molecule has 0 saturated heterocycles. The van der Waals surface area contributed by atoms with Gasteiger partial charge in [0.1, 0.15) is 0 Å². The zero-order chi connectivity index (χ0) is 13.5. The molecule has 1 aromatic heterocycles. The minimum absolute atomic E-state index is 0.401. The van der Waals surface area contributed by atoms with Gasteiger partial charge >= 0.3 is 0 Å². The van der Waals surface area contributed by atoms with E-state index >= 15 is 0 Å². The van der Waals surface area contributed by atoms with Crippen LogP contribution >= 0.6 is 15.9 Å². The summed E-state index contributed by atoms with van der Waals surface area (Å²) in [7, 11) is 0. The van der Waals surface area contributed by atoms with Crippen LogP contribution in [0, 0.1) is 6.92 Å². The predicted octanol–water partition coefficient (Wildman–Crippen LogP) is 3.54. The molecule has 1 saturated carbocycles. The minimum Gasteiger partial charge on any atom is -0.334 e. The first-order chi connectivity index (χ1) is 9.08. The van der Waals surface area contributed by atoms with E-state index in [0.29, 0.717) is 11.7 Å². The molecule has 0 atom stereocenters. The van der Waals surface area contributed by atoms with Crippen LogP contribution in [0.15, 0.2) is 27.2 Å². The highest BCUT2D eigenvalue weighted by Crippen LogP contribution is 2.36. The van der Waals surface area contributed by atoms with E-state index in [0.717, 1.165) is 41.3 Å². The summed E-state index contributed by atoms with van der Waals surface area (Å²) in [6, 6.07) is 6.01. The maximum atomic E-state index is 6.35. The highest BCUT2D eigenvalue weighted by atomic mass is 79.9. The van der Waals surface area contributed by atoms with Crippen LogP contribution < -0.4 is 5.73 Å². The molecular weight excluding hydrogens is 306 g/mol. The van der Waals surface area contributed by atoms with Crippen LogP contribution in [0.1, 0.15) is 37.1 Å². The summed E-state index contributed by atoms with van der Waals surface area (Å²) in [4.78, 5) is 4.51. The molecule has 0 bridgehead atoms. The monoisotopic (exact) mass is 321 g/mol. The number of aryl methyl sites for hydroxylation is 1. The summed E-state index contributed by atoms with van der Waals surface area (Å²) in [5.74, 6) is 1.19. The number of aromatic nitrogens is 2. The second-order valence-electron chi connectivity index (χ2n) is 5.25. The quantitative estimate of drug-likeness (QED) is 0.918. The summed E-state index contributed by atoms with van der Waals surface area (Å²) < 4.78 is 6.40. The number of halogens is 1. The van der Waals surface area contributed by atoms with Gasteiger partial charge in [-0.05, 0) is 37.5 Å². The fourth-order valence-electron chi connectivity index (χ4n) is 2.59. The van der Waals surface area contributed by atoms with Gasteiger partial charge in [0, 0.05) is 10.0 Å². The fraction of sp³-hybridized carbons (Fsp3) is 0.429. The second kappa shape index (κ2) is 4.72. The second-order valence-corrected chi connectivity index (χ2v) is 6.16. The van der Waals surface area contributed by atoms with Crippen LogP contribution in [-0.2, 0) is 5.54 Å². The summed E-state index contributed by atoms with van der Waals surface area (Å²) in [5, 5.41) is 4.09. The third-order valence-corrected chi connectivity index (χ3v) is 4.29. The van der Waals surface area contributed by atoms with Gasteiger partial charge in [-0.15, -0.1) is 0 Å². The Kier molecular flexibility index (Phi) is 3.19. The van der Waals surface area contributed by atoms with Crippen LogP contribution in [-0.4, -0.2) is 10.1 Å². The first-order valence-corrected chi connectivity index (χ1v) is 7.27. The lowest BCUT2D eigenvalue weighted by atomic mass is 9.98. The van der Waals surface area contributed by atoms with Crippen molar-refractivity contribution in [3.05, 3.63) is 34.1 Å². The number of rotatable bonds is 2. The minimum atomic E-state index is -0.401. The molecule has 0 aliphatic heterocycles. The Bertz CT molecular complexity index is 602. The lowest BCUT2D eigenvalue weighted by Crippen LogP contribution is -2.34. The molecule has 1 aliphatic carbocycles. The fourth-order valence-corrected chi connectivity index (χ4v) is 2.95. The van der Waals surface area contributed by atoms with E-state index in [1.54, 1.807) is 0 Å². The molecule has 4 nitrogen and oxygen atoms in total. The van der Waals surface area contributed by atoms with Crippen molar-refractivity contribution in [2.45, 2.75) is 38.1 Å². The van der Waals surface area contributed by atoms with E-state index in [4.69, 9.17) is 10.3 Å². The Labute approximate surface area is 120 Å². The zero-order valence-corrected chi connectivity index (χ0v) is 12.4. The number of hydrogen-bond donors (Lipinski definition) is 1. The number of nitrogens with zero attached hydrogens (tertiary/aromatic N) is 2. The molecule has 0 unspecified atom stereocenters.